The molecule has 1 aliphatic carbocycles. The highest BCUT2D eigenvalue weighted by atomic mass is 16.3. The Morgan fingerprint density at radius 1 is 1.29 bits per heavy atom. The third-order valence-electron chi connectivity index (χ3n) is 3.34. The first kappa shape index (κ1) is 14.3. The van der Waals surface area contributed by atoms with Crippen LogP contribution in [0, 0.1) is 23.7 Å². The lowest BCUT2D eigenvalue weighted by Gasteiger charge is -1.94. The van der Waals surface area contributed by atoms with Crippen molar-refractivity contribution in [3.8, 4) is 11.8 Å². The number of rotatable bonds is 7. The van der Waals surface area contributed by atoms with Gasteiger partial charge in [-0.25, -0.2) is 0 Å². The van der Waals surface area contributed by atoms with Crippen molar-refractivity contribution in [2.75, 3.05) is 0 Å². The summed E-state index contributed by atoms with van der Waals surface area (Å²) in [7, 11) is 0. The summed E-state index contributed by atoms with van der Waals surface area (Å²) in [5.41, 5.74) is 0. The van der Waals surface area contributed by atoms with E-state index in [0.717, 1.165) is 18.3 Å². The van der Waals surface area contributed by atoms with Gasteiger partial charge in [-0.05, 0) is 44.4 Å². The largest absolute Gasteiger partial charge is 0.381 e. The molecule has 1 nitrogen and oxygen atoms in total. The van der Waals surface area contributed by atoms with Gasteiger partial charge in [-0.1, -0.05) is 37.8 Å². The topological polar surface area (TPSA) is 20.2 Å². The van der Waals surface area contributed by atoms with Crippen molar-refractivity contribution in [1.29, 1.82) is 0 Å². The molecule has 0 aliphatic heterocycles. The van der Waals surface area contributed by atoms with Gasteiger partial charge in [-0.3, -0.25) is 0 Å². The summed E-state index contributed by atoms with van der Waals surface area (Å²) >= 11 is 0. The minimum atomic E-state index is -0.464. The second kappa shape index (κ2) is 8.37. The molecule has 1 heteroatoms. The van der Waals surface area contributed by atoms with Gasteiger partial charge in [0.05, 0.1) is 0 Å². The molecule has 0 heterocycles. The summed E-state index contributed by atoms with van der Waals surface area (Å²) in [4.78, 5) is 0. The Kier molecular flexibility index (Phi) is 7.05. The van der Waals surface area contributed by atoms with Crippen molar-refractivity contribution >= 4 is 0 Å². The summed E-state index contributed by atoms with van der Waals surface area (Å²) in [5, 5.41) is 9.01. The zero-order valence-corrected chi connectivity index (χ0v) is 11.3. The lowest BCUT2D eigenvalue weighted by molar-refractivity contribution is 0.253. The lowest BCUT2D eigenvalue weighted by atomic mass is 10.1. The standard InChI is InChI=1S/C16H26O/c1-3-4-5-6-7-8-11-15-13-16(15)12-9-10-14(2)17/h6-7,14-17H,3-5,8,11-13H2,1-2H3/b7-6-/t14-,15-,16+/m1/s1. The molecule has 0 unspecified atom stereocenters. The van der Waals surface area contributed by atoms with Crippen molar-refractivity contribution < 1.29 is 5.11 Å². The van der Waals surface area contributed by atoms with Gasteiger partial charge in [0.2, 0.25) is 0 Å². The third kappa shape index (κ3) is 7.23. The minimum absolute atomic E-state index is 0.464. The van der Waals surface area contributed by atoms with Crippen LogP contribution in [-0.2, 0) is 0 Å². The fourth-order valence-corrected chi connectivity index (χ4v) is 2.12. The van der Waals surface area contributed by atoms with E-state index in [1.54, 1.807) is 6.92 Å². The second-order valence-corrected chi connectivity index (χ2v) is 5.15. The molecule has 0 bridgehead atoms. The quantitative estimate of drug-likeness (QED) is 0.402. The van der Waals surface area contributed by atoms with E-state index >= 15 is 0 Å². The molecule has 1 N–H and O–H groups in total. The Labute approximate surface area is 106 Å². The maximum atomic E-state index is 9.01. The van der Waals surface area contributed by atoms with Crippen LogP contribution in [0.25, 0.3) is 0 Å². The molecule has 0 saturated heterocycles. The predicted molar refractivity (Wildman–Crippen MR) is 73.6 cm³/mol. The monoisotopic (exact) mass is 234 g/mol. The first-order valence-electron chi connectivity index (χ1n) is 7.05. The number of aliphatic hydroxyl groups is 1. The maximum absolute atomic E-state index is 9.01. The third-order valence-corrected chi connectivity index (χ3v) is 3.34. The predicted octanol–water partition coefficient (Wildman–Crippen LogP) is 3.92. The maximum Gasteiger partial charge on any atom is 0.111 e. The molecule has 0 amide bonds. The van der Waals surface area contributed by atoms with E-state index in [9.17, 15) is 0 Å². The zero-order valence-electron chi connectivity index (χ0n) is 11.3. The Balaban J connectivity index is 1.98. The fourth-order valence-electron chi connectivity index (χ4n) is 2.12. The smallest absolute Gasteiger partial charge is 0.111 e. The van der Waals surface area contributed by atoms with Crippen molar-refractivity contribution in [3.05, 3.63) is 12.2 Å². The summed E-state index contributed by atoms with van der Waals surface area (Å²) in [5.74, 6) is 7.60. The van der Waals surface area contributed by atoms with E-state index in [1.807, 2.05) is 0 Å². The Morgan fingerprint density at radius 2 is 2.06 bits per heavy atom. The highest BCUT2D eigenvalue weighted by Crippen LogP contribution is 2.44. The summed E-state index contributed by atoms with van der Waals surface area (Å²) < 4.78 is 0. The molecular formula is C16H26O. The van der Waals surface area contributed by atoms with E-state index < -0.39 is 6.10 Å². The Hall–Kier alpha value is -0.740. The molecule has 0 radical (unpaired) electrons. The lowest BCUT2D eigenvalue weighted by Crippen LogP contribution is -1.92. The van der Waals surface area contributed by atoms with Crippen LogP contribution in [0.1, 0.15) is 58.8 Å². The molecule has 0 aromatic carbocycles. The molecule has 3 atom stereocenters. The van der Waals surface area contributed by atoms with E-state index in [0.29, 0.717) is 0 Å². The van der Waals surface area contributed by atoms with Crippen molar-refractivity contribution in [1.82, 2.24) is 0 Å². The number of unbranched alkanes of at least 4 members (excludes halogenated alkanes) is 2. The number of allylic oxidation sites excluding steroid dienone is 2. The van der Waals surface area contributed by atoms with Gasteiger partial charge < -0.3 is 5.11 Å². The van der Waals surface area contributed by atoms with E-state index in [1.165, 1.54) is 38.5 Å². The fraction of sp³-hybridized carbons (Fsp3) is 0.750. The zero-order chi connectivity index (χ0) is 12.5. The van der Waals surface area contributed by atoms with E-state index in [-0.39, 0.29) is 0 Å². The number of hydrogen-bond acceptors (Lipinski definition) is 1. The van der Waals surface area contributed by atoms with Crippen LogP contribution in [0.5, 0.6) is 0 Å². The number of hydrogen-bond donors (Lipinski definition) is 1. The van der Waals surface area contributed by atoms with Crippen LogP contribution in [0.15, 0.2) is 12.2 Å². The highest BCUT2D eigenvalue weighted by Gasteiger charge is 2.34. The van der Waals surface area contributed by atoms with Gasteiger partial charge in [0.1, 0.15) is 6.10 Å². The second-order valence-electron chi connectivity index (χ2n) is 5.15. The van der Waals surface area contributed by atoms with Crippen LogP contribution >= 0.6 is 0 Å². The molecule has 96 valence electrons. The summed E-state index contributed by atoms with van der Waals surface area (Å²) in [6.07, 6.45) is 12.9. The molecule has 1 rings (SSSR count). The summed E-state index contributed by atoms with van der Waals surface area (Å²) in [6, 6.07) is 0. The first-order chi connectivity index (χ1) is 8.24. The molecule has 0 aromatic rings. The number of aliphatic hydroxyl groups excluding tert-OH is 1. The summed E-state index contributed by atoms with van der Waals surface area (Å²) in [6.45, 7) is 3.95. The van der Waals surface area contributed by atoms with Crippen molar-refractivity contribution in [2.24, 2.45) is 11.8 Å². The van der Waals surface area contributed by atoms with Crippen LogP contribution in [-0.4, -0.2) is 11.2 Å². The molecule has 0 aromatic heterocycles. The van der Waals surface area contributed by atoms with Gasteiger partial charge in [-0.15, -0.1) is 5.92 Å². The van der Waals surface area contributed by atoms with Gasteiger partial charge in [0.15, 0.2) is 0 Å². The van der Waals surface area contributed by atoms with Gasteiger partial charge in [0, 0.05) is 6.42 Å². The van der Waals surface area contributed by atoms with Gasteiger partial charge in [-0.2, -0.15) is 0 Å². The van der Waals surface area contributed by atoms with E-state index in [2.05, 4.69) is 30.9 Å². The molecule has 1 saturated carbocycles. The Morgan fingerprint density at radius 3 is 2.76 bits per heavy atom. The van der Waals surface area contributed by atoms with Gasteiger partial charge in [0.25, 0.3) is 0 Å². The first-order valence-corrected chi connectivity index (χ1v) is 7.05. The molecular weight excluding hydrogens is 208 g/mol. The average Bonchev–Trinajstić information content (AvgIpc) is 3.01. The molecule has 1 aliphatic rings. The molecule has 17 heavy (non-hydrogen) atoms. The molecule has 0 spiro atoms. The minimum Gasteiger partial charge on any atom is -0.381 e. The van der Waals surface area contributed by atoms with Crippen LogP contribution in [0.2, 0.25) is 0 Å². The van der Waals surface area contributed by atoms with Gasteiger partial charge >= 0.3 is 0 Å². The molecule has 1 fully saturated rings. The van der Waals surface area contributed by atoms with Crippen LogP contribution < -0.4 is 0 Å². The Bertz CT molecular complexity index is 280. The highest BCUT2D eigenvalue weighted by molar-refractivity contribution is 5.07. The van der Waals surface area contributed by atoms with E-state index in [4.69, 9.17) is 5.11 Å². The van der Waals surface area contributed by atoms with Crippen LogP contribution in [0.4, 0.5) is 0 Å². The van der Waals surface area contributed by atoms with Crippen molar-refractivity contribution in [2.45, 2.75) is 64.9 Å². The van der Waals surface area contributed by atoms with Crippen LogP contribution in [0.3, 0.4) is 0 Å². The average molecular weight is 234 g/mol. The normalized spacial score (nSPS) is 24.4. The van der Waals surface area contributed by atoms with Crippen molar-refractivity contribution in [3.63, 3.8) is 0 Å². The SMILES string of the molecule is CCCC/C=C\CC[C@@H]1C[C@@H]1CC#C[C@@H](C)O.